The molecule has 6 nitrogen and oxygen atoms in total. The van der Waals surface area contributed by atoms with Crippen molar-refractivity contribution in [2.24, 2.45) is 10.8 Å². The minimum absolute atomic E-state index is 0.0574. The summed E-state index contributed by atoms with van der Waals surface area (Å²) in [5.41, 5.74) is 1.11. The van der Waals surface area contributed by atoms with Gasteiger partial charge in [0.2, 0.25) is 0 Å². The van der Waals surface area contributed by atoms with Gasteiger partial charge in [-0.2, -0.15) is 5.26 Å². The average Bonchev–Trinajstić information content (AvgIpc) is 2.74. The summed E-state index contributed by atoms with van der Waals surface area (Å²) in [5, 5.41) is 21.3. The van der Waals surface area contributed by atoms with E-state index < -0.39 is 5.97 Å². The van der Waals surface area contributed by atoms with Crippen LogP contribution >= 0.6 is 11.6 Å². The molecular weight excluding hydrogens is 428 g/mol. The molecule has 168 valence electrons. The predicted molar refractivity (Wildman–Crippen MR) is 122 cm³/mol. The van der Waals surface area contributed by atoms with E-state index in [0.717, 1.165) is 5.56 Å². The Bertz CT molecular complexity index is 1050. The quantitative estimate of drug-likeness (QED) is 0.623. The maximum atomic E-state index is 12.9. The maximum Gasteiger partial charge on any atom is 0.303 e. The number of carbonyl (C=O) groups is 2. The van der Waals surface area contributed by atoms with Crippen molar-refractivity contribution in [2.75, 3.05) is 0 Å². The van der Waals surface area contributed by atoms with E-state index in [1.165, 1.54) is 0 Å². The number of carboxylic acids is 1. The van der Waals surface area contributed by atoms with E-state index in [-0.39, 0.29) is 35.3 Å². The zero-order valence-corrected chi connectivity index (χ0v) is 19.4. The van der Waals surface area contributed by atoms with Gasteiger partial charge in [0.1, 0.15) is 17.9 Å². The minimum Gasteiger partial charge on any atom is -0.489 e. The molecule has 1 amide bonds. The van der Waals surface area contributed by atoms with Gasteiger partial charge in [-0.25, -0.2) is 0 Å². The molecule has 0 saturated heterocycles. The highest BCUT2D eigenvalue weighted by Gasteiger charge is 2.64. The number of ether oxygens (including phenoxy) is 1. The Hall–Kier alpha value is -3.04. The molecule has 0 bridgehead atoms. The van der Waals surface area contributed by atoms with Crippen molar-refractivity contribution in [3.63, 3.8) is 0 Å². The second kappa shape index (κ2) is 8.84. The zero-order valence-electron chi connectivity index (χ0n) is 18.6. The third kappa shape index (κ3) is 4.58. The average molecular weight is 455 g/mol. The number of nitrogens with zero attached hydrogens (tertiary/aromatic N) is 1. The van der Waals surface area contributed by atoms with Gasteiger partial charge in [0.15, 0.2) is 0 Å². The Labute approximate surface area is 193 Å². The highest BCUT2D eigenvalue weighted by molar-refractivity contribution is 6.31. The summed E-state index contributed by atoms with van der Waals surface area (Å²) >= 11 is 6.14. The maximum absolute atomic E-state index is 12.9. The van der Waals surface area contributed by atoms with Gasteiger partial charge in [-0.3, -0.25) is 9.59 Å². The monoisotopic (exact) mass is 454 g/mol. The fourth-order valence-corrected chi connectivity index (χ4v) is 5.10. The lowest BCUT2D eigenvalue weighted by Gasteiger charge is -2.63. The van der Waals surface area contributed by atoms with Gasteiger partial charge in [-0.05, 0) is 36.2 Å². The highest BCUT2D eigenvalue weighted by atomic mass is 35.5. The Morgan fingerprint density at radius 3 is 2.28 bits per heavy atom. The molecule has 7 heteroatoms. The number of nitrogens with one attached hydrogen (secondary N) is 1. The van der Waals surface area contributed by atoms with Crippen molar-refractivity contribution >= 4 is 23.5 Å². The van der Waals surface area contributed by atoms with E-state index >= 15 is 0 Å². The van der Waals surface area contributed by atoms with Crippen molar-refractivity contribution in [2.45, 2.75) is 52.7 Å². The first kappa shape index (κ1) is 23.6. The summed E-state index contributed by atoms with van der Waals surface area (Å²) in [6.45, 7) is 8.20. The minimum atomic E-state index is -0.846. The van der Waals surface area contributed by atoms with Crippen LogP contribution in [-0.2, 0) is 11.2 Å². The van der Waals surface area contributed by atoms with Crippen LogP contribution in [0, 0.1) is 22.2 Å². The van der Waals surface area contributed by atoms with Gasteiger partial charge in [0, 0.05) is 34.9 Å². The Kier molecular flexibility index (Phi) is 6.52. The molecule has 0 spiro atoms. The fourth-order valence-electron chi connectivity index (χ4n) is 4.88. The molecule has 0 heterocycles. The van der Waals surface area contributed by atoms with Gasteiger partial charge < -0.3 is 15.2 Å². The first-order chi connectivity index (χ1) is 15.0. The molecular formula is C25H27ClN2O4. The summed E-state index contributed by atoms with van der Waals surface area (Å²) in [4.78, 5) is 23.6. The van der Waals surface area contributed by atoms with Crippen LogP contribution in [0.5, 0.6) is 5.75 Å². The first-order valence-electron chi connectivity index (χ1n) is 10.4. The van der Waals surface area contributed by atoms with Crippen LogP contribution in [0.1, 0.15) is 55.6 Å². The van der Waals surface area contributed by atoms with Crippen LogP contribution in [0.25, 0.3) is 0 Å². The van der Waals surface area contributed by atoms with E-state index in [1.807, 2.05) is 33.8 Å². The first-order valence-corrected chi connectivity index (χ1v) is 10.8. The van der Waals surface area contributed by atoms with Crippen LogP contribution in [0.2, 0.25) is 5.02 Å². The lowest BCUT2D eigenvalue weighted by atomic mass is 9.49. The number of rotatable bonds is 7. The number of benzene rings is 2. The van der Waals surface area contributed by atoms with Gasteiger partial charge in [0.05, 0.1) is 10.6 Å². The number of aryl methyl sites for hydroxylation is 1. The molecule has 3 rings (SSSR count). The molecule has 2 aromatic carbocycles. The summed E-state index contributed by atoms with van der Waals surface area (Å²) in [6.07, 6.45) is 0.308. The summed E-state index contributed by atoms with van der Waals surface area (Å²) in [6, 6.07) is 13.9. The largest absolute Gasteiger partial charge is 0.489 e. The molecule has 0 atom stereocenters. The third-order valence-electron chi connectivity index (χ3n) is 6.27. The molecule has 1 aliphatic carbocycles. The van der Waals surface area contributed by atoms with Crippen molar-refractivity contribution in [3.8, 4) is 11.8 Å². The van der Waals surface area contributed by atoms with Crippen molar-refractivity contribution in [1.29, 1.82) is 5.26 Å². The van der Waals surface area contributed by atoms with E-state index in [4.69, 9.17) is 26.7 Å². The van der Waals surface area contributed by atoms with E-state index in [1.54, 1.807) is 42.5 Å². The number of carbonyl (C=O) groups excluding carboxylic acids is 1. The summed E-state index contributed by atoms with van der Waals surface area (Å²) in [7, 11) is 0. The molecule has 1 fully saturated rings. The number of carboxylic acid groups (broad SMARTS) is 1. The van der Waals surface area contributed by atoms with Crippen LogP contribution in [0.15, 0.2) is 42.5 Å². The van der Waals surface area contributed by atoms with Gasteiger partial charge in [-0.1, -0.05) is 51.4 Å². The Balaban J connectivity index is 1.69. The molecule has 0 aliphatic heterocycles. The number of amides is 1. The Morgan fingerprint density at radius 2 is 1.75 bits per heavy atom. The van der Waals surface area contributed by atoms with Crippen molar-refractivity contribution < 1.29 is 19.4 Å². The number of nitriles is 1. The molecule has 1 aliphatic rings. The van der Waals surface area contributed by atoms with E-state index in [9.17, 15) is 9.59 Å². The predicted octanol–water partition coefficient (Wildman–Crippen LogP) is 4.84. The number of halogens is 1. The summed E-state index contributed by atoms with van der Waals surface area (Å²) < 4.78 is 6.25. The van der Waals surface area contributed by atoms with Crippen LogP contribution in [0.4, 0.5) is 0 Å². The fraction of sp³-hybridized carbons (Fsp3) is 0.400. The SMILES string of the molecule is CC1(C)C(NC(=O)c2ccc(CCC(=O)O)cc2)C(C)(C)C1Oc1ccc(C#N)c(Cl)c1. The zero-order chi connectivity index (χ0) is 23.7. The van der Waals surface area contributed by atoms with Crippen LogP contribution in [-0.4, -0.2) is 29.1 Å². The number of aliphatic carboxylic acids is 1. The van der Waals surface area contributed by atoms with E-state index in [2.05, 4.69) is 5.32 Å². The van der Waals surface area contributed by atoms with Crippen molar-refractivity contribution in [1.82, 2.24) is 5.32 Å². The highest BCUT2D eigenvalue weighted by Crippen LogP contribution is 2.55. The topological polar surface area (TPSA) is 99.4 Å². The smallest absolute Gasteiger partial charge is 0.303 e. The normalized spacial score (nSPS) is 20.5. The molecule has 2 aromatic rings. The molecule has 1 saturated carbocycles. The lowest BCUT2D eigenvalue weighted by Crippen LogP contribution is -2.74. The number of hydrogen-bond donors (Lipinski definition) is 2. The van der Waals surface area contributed by atoms with Crippen LogP contribution in [0.3, 0.4) is 0 Å². The van der Waals surface area contributed by atoms with Crippen molar-refractivity contribution in [3.05, 3.63) is 64.2 Å². The molecule has 2 N–H and O–H groups in total. The van der Waals surface area contributed by atoms with Gasteiger partial charge >= 0.3 is 5.97 Å². The third-order valence-corrected chi connectivity index (χ3v) is 6.59. The van der Waals surface area contributed by atoms with Gasteiger partial charge in [0.25, 0.3) is 5.91 Å². The van der Waals surface area contributed by atoms with Gasteiger partial charge in [-0.15, -0.1) is 0 Å². The standard InChI is InChI=1S/C25H27ClN2O4/c1-24(2)22(28-21(31)16-8-5-15(6-9-16)7-12-20(29)30)25(3,4)23(24)32-18-11-10-17(14-27)19(26)13-18/h5-6,8-11,13,22-23H,7,12H2,1-4H3,(H,28,31)(H,29,30). The second-order valence-electron chi connectivity index (χ2n) is 9.39. The second-order valence-corrected chi connectivity index (χ2v) is 9.80. The summed E-state index contributed by atoms with van der Waals surface area (Å²) in [5.74, 6) is -0.441. The lowest BCUT2D eigenvalue weighted by molar-refractivity contribution is -0.164. The van der Waals surface area contributed by atoms with E-state index in [0.29, 0.717) is 28.3 Å². The molecule has 0 aromatic heterocycles. The Morgan fingerprint density at radius 1 is 1.12 bits per heavy atom. The number of hydrogen-bond acceptors (Lipinski definition) is 4. The molecule has 0 radical (unpaired) electrons. The van der Waals surface area contributed by atoms with Crippen LogP contribution < -0.4 is 10.1 Å². The molecule has 0 unspecified atom stereocenters. The molecule has 32 heavy (non-hydrogen) atoms.